The molecule has 0 radical (unpaired) electrons. The predicted molar refractivity (Wildman–Crippen MR) is 66.6 cm³/mol. The number of aromatic nitrogens is 3. The van der Waals surface area contributed by atoms with Gasteiger partial charge in [-0.2, -0.15) is 10.1 Å². The van der Waals surface area contributed by atoms with Gasteiger partial charge in [-0.3, -0.25) is 4.68 Å². The Balaban J connectivity index is 2.09. The molecule has 2 rings (SSSR count). The minimum atomic E-state index is 0.615. The summed E-state index contributed by atoms with van der Waals surface area (Å²) >= 11 is 0. The van der Waals surface area contributed by atoms with Crippen LogP contribution in [0.15, 0.2) is 30.6 Å². The largest absolute Gasteiger partial charge is 0.478 e. The van der Waals surface area contributed by atoms with Gasteiger partial charge in [-0.05, 0) is 19.9 Å². The summed E-state index contributed by atoms with van der Waals surface area (Å²) < 4.78 is 7.19. The molecule has 0 fully saturated rings. The highest BCUT2D eigenvalue weighted by Crippen LogP contribution is 2.16. The van der Waals surface area contributed by atoms with Crippen molar-refractivity contribution in [2.24, 2.45) is 0 Å². The molecular weight excluding hydrogens is 216 g/mol. The minimum absolute atomic E-state index is 0.615. The Labute approximate surface area is 100 Å². The van der Waals surface area contributed by atoms with Gasteiger partial charge >= 0.3 is 0 Å². The van der Waals surface area contributed by atoms with Gasteiger partial charge in [-0.25, -0.2) is 0 Å². The Bertz CT molecular complexity index is 481. The fraction of sp³-hybridized carbons (Fsp3) is 0.333. The molecule has 0 unspecified atom stereocenters. The van der Waals surface area contributed by atoms with E-state index in [1.807, 2.05) is 42.9 Å². The molecule has 0 saturated carbocycles. The van der Waals surface area contributed by atoms with Crippen LogP contribution in [-0.4, -0.2) is 21.4 Å². The van der Waals surface area contributed by atoms with Crippen molar-refractivity contribution in [2.45, 2.75) is 20.4 Å². The second-order valence-electron chi connectivity index (χ2n) is 3.50. The van der Waals surface area contributed by atoms with Gasteiger partial charge in [-0.15, -0.1) is 0 Å². The van der Waals surface area contributed by atoms with E-state index >= 15 is 0 Å². The number of aryl methyl sites for hydroxylation is 1. The molecule has 0 saturated heterocycles. The Morgan fingerprint density at radius 2 is 2.24 bits per heavy atom. The van der Waals surface area contributed by atoms with E-state index in [1.165, 1.54) is 0 Å². The van der Waals surface area contributed by atoms with Crippen LogP contribution in [-0.2, 0) is 6.54 Å². The van der Waals surface area contributed by atoms with E-state index < -0.39 is 0 Å². The Morgan fingerprint density at radius 3 is 2.94 bits per heavy atom. The van der Waals surface area contributed by atoms with E-state index in [-0.39, 0.29) is 0 Å². The first-order valence-electron chi connectivity index (χ1n) is 5.71. The molecule has 17 heavy (non-hydrogen) atoms. The number of nitrogens with one attached hydrogen (secondary N) is 1. The summed E-state index contributed by atoms with van der Waals surface area (Å²) in [4.78, 5) is 4.32. The molecule has 0 bridgehead atoms. The first kappa shape index (κ1) is 11.4. The smallest absolute Gasteiger partial charge is 0.215 e. The number of nitrogens with zero attached hydrogens (tertiary/aromatic N) is 3. The summed E-state index contributed by atoms with van der Waals surface area (Å²) in [5.74, 6) is 1.38. The van der Waals surface area contributed by atoms with Crippen molar-refractivity contribution in [3.63, 3.8) is 0 Å². The summed E-state index contributed by atoms with van der Waals surface area (Å²) in [7, 11) is 0. The molecule has 2 heterocycles. The molecule has 0 aliphatic heterocycles. The number of hydrogen-bond donors (Lipinski definition) is 1. The molecule has 0 aromatic carbocycles. The highest BCUT2D eigenvalue weighted by atomic mass is 16.5. The monoisotopic (exact) mass is 232 g/mol. The van der Waals surface area contributed by atoms with Crippen LogP contribution in [0.2, 0.25) is 0 Å². The average molecular weight is 232 g/mol. The van der Waals surface area contributed by atoms with Crippen LogP contribution >= 0.6 is 0 Å². The van der Waals surface area contributed by atoms with Crippen molar-refractivity contribution in [1.82, 2.24) is 14.8 Å². The molecule has 0 aliphatic carbocycles. The highest BCUT2D eigenvalue weighted by molar-refractivity contribution is 5.54. The minimum Gasteiger partial charge on any atom is -0.478 e. The van der Waals surface area contributed by atoms with Gasteiger partial charge in [0.15, 0.2) is 0 Å². The van der Waals surface area contributed by atoms with Gasteiger partial charge in [0.2, 0.25) is 5.88 Å². The number of anilines is 2. The molecule has 0 atom stereocenters. The fourth-order valence-electron chi connectivity index (χ4n) is 1.46. The first-order valence-corrected chi connectivity index (χ1v) is 5.71. The van der Waals surface area contributed by atoms with E-state index in [1.54, 1.807) is 6.20 Å². The zero-order valence-corrected chi connectivity index (χ0v) is 10.1. The highest BCUT2D eigenvalue weighted by Gasteiger charge is 2.00. The molecule has 5 nitrogen and oxygen atoms in total. The molecular formula is C12H16N4O. The molecule has 90 valence electrons. The predicted octanol–water partition coefficient (Wildman–Crippen LogP) is 2.44. The maximum Gasteiger partial charge on any atom is 0.215 e. The second kappa shape index (κ2) is 5.34. The van der Waals surface area contributed by atoms with Gasteiger partial charge in [0.1, 0.15) is 5.82 Å². The van der Waals surface area contributed by atoms with Crippen LogP contribution < -0.4 is 10.1 Å². The van der Waals surface area contributed by atoms with E-state index in [9.17, 15) is 0 Å². The van der Waals surface area contributed by atoms with Crippen LogP contribution in [0.25, 0.3) is 0 Å². The zero-order valence-electron chi connectivity index (χ0n) is 10.1. The third kappa shape index (κ3) is 2.96. The van der Waals surface area contributed by atoms with Crippen molar-refractivity contribution in [1.29, 1.82) is 0 Å². The molecule has 2 aromatic rings. The topological polar surface area (TPSA) is 52.0 Å². The third-order valence-electron chi connectivity index (χ3n) is 2.25. The molecule has 5 heteroatoms. The van der Waals surface area contributed by atoms with E-state index in [0.29, 0.717) is 12.5 Å². The average Bonchev–Trinajstić information content (AvgIpc) is 2.78. The van der Waals surface area contributed by atoms with Gasteiger partial charge < -0.3 is 10.1 Å². The standard InChI is InChI=1S/C12H16N4O/c1-3-16-9-10(8-13-16)14-11-6-5-7-12(15-11)17-4-2/h5-9H,3-4H2,1-2H3,(H,14,15). The molecule has 2 aromatic heterocycles. The fourth-order valence-corrected chi connectivity index (χ4v) is 1.46. The van der Waals surface area contributed by atoms with Gasteiger partial charge in [0.05, 0.1) is 18.5 Å². The lowest BCUT2D eigenvalue weighted by Crippen LogP contribution is -1.97. The quantitative estimate of drug-likeness (QED) is 0.860. The summed E-state index contributed by atoms with van der Waals surface area (Å²) in [5, 5.41) is 7.37. The van der Waals surface area contributed by atoms with Crippen LogP contribution in [0.5, 0.6) is 5.88 Å². The van der Waals surface area contributed by atoms with E-state index in [2.05, 4.69) is 15.4 Å². The normalized spacial score (nSPS) is 10.2. The SMILES string of the molecule is CCOc1cccc(Nc2cnn(CC)c2)n1. The van der Waals surface area contributed by atoms with Crippen molar-refractivity contribution in [3.05, 3.63) is 30.6 Å². The van der Waals surface area contributed by atoms with Crippen molar-refractivity contribution in [2.75, 3.05) is 11.9 Å². The molecule has 0 spiro atoms. The molecule has 0 amide bonds. The second-order valence-corrected chi connectivity index (χ2v) is 3.50. The lowest BCUT2D eigenvalue weighted by Gasteiger charge is -2.05. The molecule has 1 N–H and O–H groups in total. The van der Waals surface area contributed by atoms with Crippen molar-refractivity contribution < 1.29 is 4.74 Å². The summed E-state index contributed by atoms with van der Waals surface area (Å²) in [5.41, 5.74) is 0.924. The maximum absolute atomic E-state index is 5.34. The van der Waals surface area contributed by atoms with E-state index in [0.717, 1.165) is 18.1 Å². The Morgan fingerprint density at radius 1 is 1.35 bits per heavy atom. The van der Waals surface area contributed by atoms with Gasteiger partial charge in [0.25, 0.3) is 0 Å². The number of ether oxygens (including phenoxy) is 1. The van der Waals surface area contributed by atoms with Gasteiger partial charge in [-0.1, -0.05) is 6.07 Å². The lowest BCUT2D eigenvalue weighted by atomic mass is 10.4. The van der Waals surface area contributed by atoms with Crippen molar-refractivity contribution in [3.8, 4) is 5.88 Å². The number of pyridine rings is 1. The van der Waals surface area contributed by atoms with Crippen molar-refractivity contribution >= 4 is 11.5 Å². The van der Waals surface area contributed by atoms with Crippen LogP contribution in [0, 0.1) is 0 Å². The summed E-state index contributed by atoms with van der Waals surface area (Å²) in [6, 6.07) is 5.64. The van der Waals surface area contributed by atoms with Crippen LogP contribution in [0.4, 0.5) is 11.5 Å². The Kier molecular flexibility index (Phi) is 3.59. The zero-order chi connectivity index (χ0) is 12.1. The Hall–Kier alpha value is -2.04. The molecule has 0 aliphatic rings. The number of rotatable bonds is 5. The maximum atomic E-state index is 5.34. The summed E-state index contributed by atoms with van der Waals surface area (Å²) in [6.07, 6.45) is 3.72. The lowest BCUT2D eigenvalue weighted by molar-refractivity contribution is 0.327. The van der Waals surface area contributed by atoms with Gasteiger partial charge in [0, 0.05) is 18.8 Å². The first-order chi connectivity index (χ1) is 8.31. The van der Waals surface area contributed by atoms with Crippen LogP contribution in [0.3, 0.4) is 0 Å². The summed E-state index contributed by atoms with van der Waals surface area (Å²) in [6.45, 7) is 5.45. The van der Waals surface area contributed by atoms with E-state index in [4.69, 9.17) is 4.74 Å². The number of hydrogen-bond acceptors (Lipinski definition) is 4. The van der Waals surface area contributed by atoms with Crippen LogP contribution in [0.1, 0.15) is 13.8 Å². The third-order valence-corrected chi connectivity index (χ3v) is 2.25.